The molecule has 1 rings (SSSR count). The van der Waals surface area contributed by atoms with Gasteiger partial charge in [0.1, 0.15) is 0 Å². The molecule has 0 saturated heterocycles. The quantitative estimate of drug-likeness (QED) is 0.655. The molecule has 120 valence electrons. The molecule has 0 bridgehead atoms. The summed E-state index contributed by atoms with van der Waals surface area (Å²) in [7, 11) is 0. The Hall–Kier alpha value is -2.02. The maximum absolute atomic E-state index is 11.8. The second-order valence-corrected chi connectivity index (χ2v) is 6.44. The number of ether oxygens (including phenoxy) is 1. The van der Waals surface area contributed by atoms with Crippen molar-refractivity contribution in [1.82, 2.24) is 10.6 Å². The summed E-state index contributed by atoms with van der Waals surface area (Å²) in [6.07, 6.45) is 1.93. The Morgan fingerprint density at radius 1 is 1.14 bits per heavy atom. The number of esters is 1. The van der Waals surface area contributed by atoms with E-state index in [1.807, 2.05) is 6.26 Å². The molecule has 0 fully saturated rings. The van der Waals surface area contributed by atoms with Crippen LogP contribution in [0.4, 0.5) is 4.79 Å². The third-order valence-corrected chi connectivity index (χ3v) is 3.15. The fraction of sp³-hybridized carbons (Fsp3) is 0.400. The molecule has 3 amide bonds. The van der Waals surface area contributed by atoms with Gasteiger partial charge in [0.2, 0.25) is 0 Å². The van der Waals surface area contributed by atoms with Crippen molar-refractivity contribution in [2.24, 2.45) is 0 Å². The highest BCUT2D eigenvalue weighted by atomic mass is 32.2. The third-order valence-electron chi connectivity index (χ3n) is 2.40. The van der Waals surface area contributed by atoms with Crippen molar-refractivity contribution < 1.29 is 19.1 Å². The van der Waals surface area contributed by atoms with Crippen molar-refractivity contribution in [3.63, 3.8) is 0 Å². The van der Waals surface area contributed by atoms with Crippen molar-refractivity contribution in [2.45, 2.75) is 31.2 Å². The molecule has 0 radical (unpaired) electrons. The minimum atomic E-state index is -0.684. The SMILES string of the molecule is CSc1ccc(C(=O)OCC(=O)NC(=O)NC(C)(C)C)cc1. The van der Waals surface area contributed by atoms with E-state index in [2.05, 4.69) is 10.6 Å². The van der Waals surface area contributed by atoms with Crippen molar-refractivity contribution in [1.29, 1.82) is 0 Å². The maximum Gasteiger partial charge on any atom is 0.338 e. The Labute approximate surface area is 134 Å². The van der Waals surface area contributed by atoms with Gasteiger partial charge in [-0.2, -0.15) is 0 Å². The molecule has 0 aliphatic rings. The van der Waals surface area contributed by atoms with E-state index in [-0.39, 0.29) is 0 Å². The molecule has 0 aromatic heterocycles. The number of thioether (sulfide) groups is 1. The van der Waals surface area contributed by atoms with E-state index >= 15 is 0 Å². The molecule has 0 aliphatic carbocycles. The average Bonchev–Trinajstić information content (AvgIpc) is 2.42. The van der Waals surface area contributed by atoms with Gasteiger partial charge in [0.25, 0.3) is 5.91 Å². The highest BCUT2D eigenvalue weighted by Crippen LogP contribution is 2.15. The fourth-order valence-corrected chi connectivity index (χ4v) is 1.88. The summed E-state index contributed by atoms with van der Waals surface area (Å²) in [5.41, 5.74) is -0.107. The van der Waals surface area contributed by atoms with Crippen LogP contribution in [-0.2, 0) is 9.53 Å². The number of carbonyl (C=O) groups is 3. The second kappa shape index (κ2) is 7.84. The van der Waals surface area contributed by atoms with Crippen molar-refractivity contribution in [2.75, 3.05) is 12.9 Å². The Kier molecular flexibility index (Phi) is 6.42. The first kappa shape index (κ1) is 18.0. The Morgan fingerprint density at radius 3 is 2.23 bits per heavy atom. The minimum absolute atomic E-state index is 0.352. The molecule has 6 nitrogen and oxygen atoms in total. The molecule has 0 heterocycles. The standard InChI is InChI=1S/C15H20N2O4S/c1-15(2,3)17-14(20)16-12(18)9-21-13(19)10-5-7-11(22-4)8-6-10/h5-8H,9H2,1-4H3,(H2,16,17,18,20). The van der Waals surface area contributed by atoms with Crippen LogP contribution in [0.15, 0.2) is 29.2 Å². The highest BCUT2D eigenvalue weighted by molar-refractivity contribution is 7.98. The largest absolute Gasteiger partial charge is 0.452 e. The van der Waals surface area contributed by atoms with Crippen molar-refractivity contribution >= 4 is 29.7 Å². The summed E-state index contributed by atoms with van der Waals surface area (Å²) in [5, 5.41) is 4.66. The molecule has 0 spiro atoms. The first-order valence-corrected chi connectivity index (χ1v) is 7.87. The predicted octanol–water partition coefficient (Wildman–Crippen LogP) is 2.19. The zero-order chi connectivity index (χ0) is 16.8. The molecule has 1 aromatic carbocycles. The van der Waals surface area contributed by atoms with E-state index in [4.69, 9.17) is 4.74 Å². The zero-order valence-corrected chi connectivity index (χ0v) is 13.9. The van der Waals surface area contributed by atoms with E-state index in [9.17, 15) is 14.4 Å². The van der Waals surface area contributed by atoms with Gasteiger partial charge in [0.15, 0.2) is 6.61 Å². The third kappa shape index (κ3) is 6.62. The van der Waals surface area contributed by atoms with Crippen LogP contribution in [0.2, 0.25) is 0 Å². The van der Waals surface area contributed by atoms with Gasteiger partial charge in [0, 0.05) is 10.4 Å². The van der Waals surface area contributed by atoms with E-state index < -0.39 is 30.1 Å². The number of carbonyl (C=O) groups excluding carboxylic acids is 3. The van der Waals surface area contributed by atoms with E-state index in [0.717, 1.165) is 4.90 Å². The van der Waals surface area contributed by atoms with Crippen molar-refractivity contribution in [3.8, 4) is 0 Å². The average molecular weight is 324 g/mol. The van der Waals surface area contributed by atoms with Crippen LogP contribution in [-0.4, -0.2) is 36.3 Å². The van der Waals surface area contributed by atoms with Crippen LogP contribution in [0.25, 0.3) is 0 Å². The van der Waals surface area contributed by atoms with Gasteiger partial charge in [-0.05, 0) is 51.3 Å². The van der Waals surface area contributed by atoms with Crippen LogP contribution < -0.4 is 10.6 Å². The topological polar surface area (TPSA) is 84.5 Å². The fourth-order valence-electron chi connectivity index (χ4n) is 1.48. The Morgan fingerprint density at radius 2 is 1.73 bits per heavy atom. The molecule has 1 aromatic rings. The lowest BCUT2D eigenvalue weighted by Crippen LogP contribution is -2.49. The molecule has 0 saturated carbocycles. The molecule has 0 aliphatic heterocycles. The number of hydrogen-bond acceptors (Lipinski definition) is 5. The summed E-state index contributed by atoms with van der Waals surface area (Å²) in [6.45, 7) is 4.85. The van der Waals surface area contributed by atoms with Gasteiger partial charge in [-0.1, -0.05) is 0 Å². The number of nitrogens with one attached hydrogen (secondary N) is 2. The van der Waals surface area contributed by atoms with Gasteiger partial charge in [-0.25, -0.2) is 9.59 Å². The minimum Gasteiger partial charge on any atom is -0.452 e. The highest BCUT2D eigenvalue weighted by Gasteiger charge is 2.16. The monoisotopic (exact) mass is 324 g/mol. The second-order valence-electron chi connectivity index (χ2n) is 5.56. The van der Waals surface area contributed by atoms with Crippen LogP contribution in [0.5, 0.6) is 0 Å². The molecule has 7 heteroatoms. The Balaban J connectivity index is 2.43. The molecule has 0 atom stereocenters. The number of hydrogen-bond donors (Lipinski definition) is 2. The lowest BCUT2D eigenvalue weighted by atomic mass is 10.1. The number of rotatable bonds is 4. The summed E-state index contributed by atoms with van der Waals surface area (Å²) in [6, 6.07) is 6.20. The number of imide groups is 1. The van der Waals surface area contributed by atoms with Crippen LogP contribution in [0.1, 0.15) is 31.1 Å². The summed E-state index contributed by atoms with van der Waals surface area (Å²) >= 11 is 1.56. The van der Waals surface area contributed by atoms with Crippen LogP contribution >= 0.6 is 11.8 Å². The maximum atomic E-state index is 11.8. The lowest BCUT2D eigenvalue weighted by molar-refractivity contribution is -0.123. The van der Waals surface area contributed by atoms with Crippen LogP contribution in [0.3, 0.4) is 0 Å². The Bertz CT molecular complexity index is 550. The zero-order valence-electron chi connectivity index (χ0n) is 13.1. The van der Waals surface area contributed by atoms with Gasteiger partial charge in [-0.15, -0.1) is 11.8 Å². The smallest absolute Gasteiger partial charge is 0.338 e. The summed E-state index contributed by atoms with van der Waals surface area (Å²) in [5.74, 6) is -1.30. The summed E-state index contributed by atoms with van der Waals surface area (Å²) < 4.78 is 4.86. The molecular formula is C15H20N2O4S. The molecule has 0 unspecified atom stereocenters. The first-order valence-electron chi connectivity index (χ1n) is 6.64. The van der Waals surface area contributed by atoms with Gasteiger partial charge in [-0.3, -0.25) is 10.1 Å². The van der Waals surface area contributed by atoms with E-state index in [1.165, 1.54) is 0 Å². The van der Waals surface area contributed by atoms with Crippen LogP contribution in [0, 0.1) is 0 Å². The number of benzene rings is 1. The normalized spacial score (nSPS) is 10.7. The van der Waals surface area contributed by atoms with Gasteiger partial charge < -0.3 is 10.1 Å². The first-order chi connectivity index (χ1) is 10.2. The van der Waals surface area contributed by atoms with Gasteiger partial charge in [0.05, 0.1) is 5.56 Å². The van der Waals surface area contributed by atoms with Gasteiger partial charge >= 0.3 is 12.0 Å². The lowest BCUT2D eigenvalue weighted by Gasteiger charge is -2.20. The molecular weight excluding hydrogens is 304 g/mol. The number of urea groups is 1. The molecule has 22 heavy (non-hydrogen) atoms. The van der Waals surface area contributed by atoms with E-state index in [1.54, 1.807) is 56.8 Å². The van der Waals surface area contributed by atoms with E-state index in [0.29, 0.717) is 5.56 Å². The van der Waals surface area contributed by atoms with Crippen molar-refractivity contribution in [3.05, 3.63) is 29.8 Å². The number of amides is 3. The predicted molar refractivity (Wildman–Crippen MR) is 84.9 cm³/mol. The molecule has 2 N–H and O–H groups in total. The summed E-state index contributed by atoms with van der Waals surface area (Å²) in [4.78, 5) is 35.8.